The number of hydrogen-bond acceptors (Lipinski definition) is 0. The first kappa shape index (κ1) is 13.2. The van der Waals surface area contributed by atoms with E-state index in [1.54, 1.807) is 0 Å². The fraction of sp³-hybridized carbons (Fsp3) is 0.0526. The molecule has 1 heteroatoms. The van der Waals surface area contributed by atoms with E-state index in [0.29, 0.717) is 0 Å². The molecule has 0 aliphatic carbocycles. The summed E-state index contributed by atoms with van der Waals surface area (Å²) in [6.45, 7) is 0. The molecule has 3 rings (SSSR count). The molecule has 0 fully saturated rings. The van der Waals surface area contributed by atoms with Crippen molar-refractivity contribution in [1.29, 1.82) is 0 Å². The van der Waals surface area contributed by atoms with E-state index in [9.17, 15) is 0 Å². The molecule has 0 heterocycles. The average Bonchev–Trinajstić information content (AvgIpc) is 2.55. The zero-order valence-corrected chi connectivity index (χ0v) is 13.0. The van der Waals surface area contributed by atoms with Crippen LogP contribution in [-0.4, -0.2) is 13.9 Å². The maximum atomic E-state index is 2.28. The summed E-state index contributed by atoms with van der Waals surface area (Å²) in [6, 6.07) is 32.7. The fourth-order valence-electron chi connectivity index (χ4n) is 2.21. The van der Waals surface area contributed by atoms with Crippen LogP contribution < -0.4 is 8.92 Å². The van der Waals surface area contributed by atoms with Crippen LogP contribution in [0.15, 0.2) is 91.0 Å². The molecular weight excluding hydrogens is 307 g/mol. The van der Waals surface area contributed by atoms with Gasteiger partial charge in [0.2, 0.25) is 0 Å². The van der Waals surface area contributed by atoms with Gasteiger partial charge in [0.15, 0.2) is 0 Å². The second-order valence-electron chi connectivity index (χ2n) is 4.65. The Hall–Kier alpha value is -1.82. The fourth-order valence-corrected chi connectivity index (χ4v) is 6.62. The molecule has 0 spiro atoms. The molecule has 0 aliphatic heterocycles. The normalized spacial score (nSPS) is 10.7. The Kier molecular flexibility index (Phi) is 4.32. The van der Waals surface area contributed by atoms with Gasteiger partial charge >= 0.3 is 125 Å². The van der Waals surface area contributed by atoms with Crippen molar-refractivity contribution < 1.29 is 0 Å². The first-order valence-electron chi connectivity index (χ1n) is 6.78. The maximum absolute atomic E-state index is 2.28. The summed E-state index contributed by atoms with van der Waals surface area (Å²) in [4.78, 5) is 0. The molecular formula is C19H17Se+. The first-order chi connectivity index (χ1) is 9.93. The van der Waals surface area contributed by atoms with Crippen LogP contribution in [0.5, 0.6) is 0 Å². The van der Waals surface area contributed by atoms with E-state index in [4.69, 9.17) is 0 Å². The molecule has 0 aromatic heterocycles. The second-order valence-corrected chi connectivity index (χ2v) is 8.87. The van der Waals surface area contributed by atoms with Crippen LogP contribution in [-0.2, 0) is 5.32 Å². The van der Waals surface area contributed by atoms with Crippen molar-refractivity contribution in [1.82, 2.24) is 0 Å². The zero-order valence-electron chi connectivity index (χ0n) is 11.3. The van der Waals surface area contributed by atoms with Gasteiger partial charge in [-0.3, -0.25) is 0 Å². The minimum atomic E-state index is -1.02. The van der Waals surface area contributed by atoms with E-state index in [0.717, 1.165) is 5.32 Å². The molecule has 0 N–H and O–H groups in total. The molecule has 20 heavy (non-hydrogen) atoms. The molecule has 0 saturated heterocycles. The van der Waals surface area contributed by atoms with Crippen molar-refractivity contribution in [3.8, 4) is 0 Å². The Morgan fingerprint density at radius 3 is 1.35 bits per heavy atom. The van der Waals surface area contributed by atoms with Gasteiger partial charge in [-0.05, 0) is 0 Å². The number of benzene rings is 3. The molecule has 0 radical (unpaired) electrons. The van der Waals surface area contributed by atoms with Gasteiger partial charge in [0.1, 0.15) is 0 Å². The Labute approximate surface area is 125 Å². The second kappa shape index (κ2) is 6.56. The van der Waals surface area contributed by atoms with Gasteiger partial charge in [-0.1, -0.05) is 0 Å². The van der Waals surface area contributed by atoms with Gasteiger partial charge in [-0.25, -0.2) is 0 Å². The van der Waals surface area contributed by atoms with Crippen LogP contribution in [0.2, 0.25) is 0 Å². The van der Waals surface area contributed by atoms with Crippen LogP contribution in [0.3, 0.4) is 0 Å². The van der Waals surface area contributed by atoms with Crippen LogP contribution in [0.25, 0.3) is 0 Å². The summed E-state index contributed by atoms with van der Waals surface area (Å²) >= 11 is -1.02. The van der Waals surface area contributed by atoms with Gasteiger partial charge in [-0.2, -0.15) is 0 Å². The average molecular weight is 324 g/mol. The Bertz CT molecular complexity index is 593. The standard InChI is InChI=1S/C19H17Se/c1-4-10-17(11-5-1)16-20(18-12-6-2-7-13-18)19-14-8-3-9-15-19/h1-15H,16H2/q+1. The van der Waals surface area contributed by atoms with Crippen molar-refractivity contribution in [2.45, 2.75) is 5.32 Å². The molecule has 0 amide bonds. The monoisotopic (exact) mass is 325 g/mol. The Balaban J connectivity index is 1.96. The zero-order chi connectivity index (χ0) is 13.6. The summed E-state index contributed by atoms with van der Waals surface area (Å²) in [5.74, 6) is 0. The summed E-state index contributed by atoms with van der Waals surface area (Å²) in [5.41, 5.74) is 1.44. The predicted octanol–water partition coefficient (Wildman–Crippen LogP) is 3.08. The van der Waals surface area contributed by atoms with E-state index in [1.165, 1.54) is 14.5 Å². The Morgan fingerprint density at radius 2 is 0.900 bits per heavy atom. The predicted molar refractivity (Wildman–Crippen MR) is 88.1 cm³/mol. The van der Waals surface area contributed by atoms with Crippen molar-refractivity contribution in [2.75, 3.05) is 0 Å². The van der Waals surface area contributed by atoms with Crippen molar-refractivity contribution >= 4 is 22.8 Å². The van der Waals surface area contributed by atoms with E-state index in [2.05, 4.69) is 91.0 Å². The van der Waals surface area contributed by atoms with Gasteiger partial charge < -0.3 is 0 Å². The molecule has 0 bridgehead atoms. The van der Waals surface area contributed by atoms with Gasteiger partial charge in [-0.15, -0.1) is 0 Å². The summed E-state index contributed by atoms with van der Waals surface area (Å²) in [5, 5.41) is 1.16. The third kappa shape index (κ3) is 3.19. The van der Waals surface area contributed by atoms with E-state index in [1.807, 2.05) is 0 Å². The van der Waals surface area contributed by atoms with Gasteiger partial charge in [0.05, 0.1) is 0 Å². The van der Waals surface area contributed by atoms with Crippen LogP contribution >= 0.6 is 0 Å². The summed E-state index contributed by atoms with van der Waals surface area (Å²) < 4.78 is 3.00. The van der Waals surface area contributed by atoms with Crippen molar-refractivity contribution in [2.24, 2.45) is 0 Å². The first-order valence-corrected chi connectivity index (χ1v) is 9.71. The third-order valence-electron chi connectivity index (χ3n) is 3.21. The molecule has 0 aliphatic rings. The molecule has 98 valence electrons. The number of rotatable bonds is 4. The molecule has 3 aromatic carbocycles. The number of hydrogen-bond donors (Lipinski definition) is 0. The quantitative estimate of drug-likeness (QED) is 0.647. The minimum absolute atomic E-state index is 1.02. The molecule has 0 saturated carbocycles. The van der Waals surface area contributed by atoms with E-state index < -0.39 is 13.9 Å². The Morgan fingerprint density at radius 1 is 0.500 bits per heavy atom. The summed E-state index contributed by atoms with van der Waals surface area (Å²) in [6.07, 6.45) is 0. The topological polar surface area (TPSA) is 0 Å². The van der Waals surface area contributed by atoms with Gasteiger partial charge in [0, 0.05) is 0 Å². The van der Waals surface area contributed by atoms with Gasteiger partial charge in [0.25, 0.3) is 0 Å². The van der Waals surface area contributed by atoms with Crippen LogP contribution in [0.4, 0.5) is 0 Å². The van der Waals surface area contributed by atoms with Crippen LogP contribution in [0.1, 0.15) is 5.56 Å². The van der Waals surface area contributed by atoms with E-state index in [-0.39, 0.29) is 0 Å². The van der Waals surface area contributed by atoms with Crippen LogP contribution in [0, 0.1) is 0 Å². The third-order valence-corrected chi connectivity index (χ3v) is 8.04. The molecule has 0 atom stereocenters. The molecule has 3 aromatic rings. The summed E-state index contributed by atoms with van der Waals surface area (Å²) in [7, 11) is 0. The molecule has 0 nitrogen and oxygen atoms in total. The van der Waals surface area contributed by atoms with Crippen molar-refractivity contribution in [3.05, 3.63) is 96.6 Å². The van der Waals surface area contributed by atoms with E-state index >= 15 is 0 Å². The SMILES string of the molecule is c1ccc(C[Se+](c2ccccc2)c2ccccc2)cc1. The van der Waals surface area contributed by atoms with Crippen molar-refractivity contribution in [3.63, 3.8) is 0 Å². The molecule has 0 unspecified atom stereocenters.